The van der Waals surface area contributed by atoms with Crippen molar-refractivity contribution < 1.29 is 28.4 Å². The third-order valence-corrected chi connectivity index (χ3v) is 6.35. The van der Waals surface area contributed by atoms with Gasteiger partial charge in [0.1, 0.15) is 17.2 Å². The van der Waals surface area contributed by atoms with Crippen LogP contribution in [0.1, 0.15) is 94.9 Å². The predicted octanol–water partition coefficient (Wildman–Crippen LogP) is 5.22. The zero-order chi connectivity index (χ0) is 24.5. The van der Waals surface area contributed by atoms with Crippen molar-refractivity contribution >= 4 is 19.2 Å². The third kappa shape index (κ3) is 7.11. The second kappa shape index (κ2) is 9.53. The van der Waals surface area contributed by atoms with Gasteiger partial charge < -0.3 is 18.8 Å². The summed E-state index contributed by atoms with van der Waals surface area (Å²) in [5.41, 5.74) is -1.95. The molecule has 0 N–H and O–H groups in total. The second-order valence-corrected chi connectivity index (χ2v) is 12.2. The molecule has 0 aromatic rings. The maximum absolute atomic E-state index is 13.2. The fourth-order valence-electron chi connectivity index (χ4n) is 4.21. The zero-order valence-electron chi connectivity index (χ0n) is 21.9. The monoisotopic (exact) mass is 453 g/mol. The molecule has 184 valence electrons. The summed E-state index contributed by atoms with van der Waals surface area (Å²) in [4.78, 5) is 27.7. The Balaban J connectivity index is 2.09. The quantitative estimate of drug-likeness (QED) is 0.420. The molecule has 0 aliphatic carbocycles. The Labute approximate surface area is 195 Å². The van der Waals surface area contributed by atoms with Crippen molar-refractivity contribution in [2.75, 3.05) is 6.54 Å². The summed E-state index contributed by atoms with van der Waals surface area (Å²) < 4.78 is 23.5. The normalized spacial score (nSPS) is 25.6. The van der Waals surface area contributed by atoms with Gasteiger partial charge in [0.15, 0.2) is 0 Å². The molecule has 2 saturated heterocycles. The van der Waals surface area contributed by atoms with E-state index < -0.39 is 23.3 Å². The summed E-state index contributed by atoms with van der Waals surface area (Å²) in [5, 5.41) is 0. The van der Waals surface area contributed by atoms with Gasteiger partial charge >= 0.3 is 19.2 Å². The summed E-state index contributed by atoms with van der Waals surface area (Å²) in [6.07, 6.45) is 3.61. The van der Waals surface area contributed by atoms with Gasteiger partial charge in [0, 0.05) is 6.54 Å². The number of likely N-dealkylation sites (tertiary alicyclic amines) is 1. The van der Waals surface area contributed by atoms with Crippen LogP contribution < -0.4 is 0 Å². The molecule has 8 heteroatoms. The summed E-state index contributed by atoms with van der Waals surface area (Å²) in [5.74, 6) is -0.350. The molecule has 2 aliphatic rings. The molecule has 0 aromatic heterocycles. The lowest BCUT2D eigenvalue weighted by molar-refractivity contribution is -0.165. The molecule has 32 heavy (non-hydrogen) atoms. The summed E-state index contributed by atoms with van der Waals surface area (Å²) in [6.45, 7) is 19.7. The standard InChI is InChI=1S/C24H44BNO6/c1-21(2,3)29-19(27)18-17(14-12-16-26(18)20(28)30-22(4,5)6)13-11-15-25-31-23(7,8)24(9,10)32-25/h17-18H,11-16H2,1-10H3. The topological polar surface area (TPSA) is 74.3 Å². The minimum Gasteiger partial charge on any atom is -0.458 e. The van der Waals surface area contributed by atoms with E-state index in [0.717, 1.165) is 32.0 Å². The highest BCUT2D eigenvalue weighted by Crippen LogP contribution is 2.39. The number of rotatable bonds is 5. The summed E-state index contributed by atoms with van der Waals surface area (Å²) in [6, 6.07) is -0.642. The van der Waals surface area contributed by atoms with Crippen LogP contribution in [0.2, 0.25) is 6.32 Å². The van der Waals surface area contributed by atoms with Crippen molar-refractivity contribution in [3.63, 3.8) is 0 Å². The Hall–Kier alpha value is -1.28. The summed E-state index contributed by atoms with van der Waals surface area (Å²) >= 11 is 0. The number of amides is 1. The van der Waals surface area contributed by atoms with Crippen molar-refractivity contribution in [1.82, 2.24) is 4.90 Å². The van der Waals surface area contributed by atoms with Crippen LogP contribution in [0.4, 0.5) is 4.79 Å². The zero-order valence-corrected chi connectivity index (χ0v) is 21.9. The van der Waals surface area contributed by atoms with Crippen LogP contribution in [-0.2, 0) is 23.6 Å². The van der Waals surface area contributed by atoms with Crippen molar-refractivity contribution in [1.29, 1.82) is 0 Å². The molecular formula is C24H44BNO6. The number of esters is 1. The maximum atomic E-state index is 13.2. The fraction of sp³-hybridized carbons (Fsp3) is 0.917. The van der Waals surface area contributed by atoms with Gasteiger partial charge in [0.25, 0.3) is 0 Å². The average molecular weight is 453 g/mol. The van der Waals surface area contributed by atoms with Gasteiger partial charge in [-0.1, -0.05) is 6.42 Å². The van der Waals surface area contributed by atoms with E-state index in [4.69, 9.17) is 18.8 Å². The third-order valence-electron chi connectivity index (χ3n) is 6.35. The Morgan fingerprint density at radius 3 is 2.00 bits per heavy atom. The van der Waals surface area contributed by atoms with E-state index in [1.54, 1.807) is 4.90 Å². The Morgan fingerprint density at radius 1 is 0.969 bits per heavy atom. The first kappa shape index (κ1) is 27.0. The van der Waals surface area contributed by atoms with Gasteiger partial charge in [0.05, 0.1) is 11.2 Å². The van der Waals surface area contributed by atoms with Crippen molar-refractivity contribution in [3.8, 4) is 0 Å². The highest BCUT2D eigenvalue weighted by atomic mass is 16.7. The minimum absolute atomic E-state index is 0.00791. The number of hydrogen-bond donors (Lipinski definition) is 0. The van der Waals surface area contributed by atoms with Crippen LogP contribution in [0.15, 0.2) is 0 Å². The van der Waals surface area contributed by atoms with E-state index in [-0.39, 0.29) is 30.2 Å². The van der Waals surface area contributed by atoms with Crippen LogP contribution >= 0.6 is 0 Å². The van der Waals surface area contributed by atoms with Crippen molar-refractivity contribution in [3.05, 3.63) is 0 Å². The first-order valence-electron chi connectivity index (χ1n) is 12.0. The number of nitrogens with zero attached hydrogens (tertiary/aromatic N) is 1. The van der Waals surface area contributed by atoms with Gasteiger partial charge in [-0.15, -0.1) is 0 Å². The number of hydrogen-bond acceptors (Lipinski definition) is 6. The van der Waals surface area contributed by atoms with Crippen LogP contribution in [0.5, 0.6) is 0 Å². The van der Waals surface area contributed by atoms with Gasteiger partial charge in [-0.25, -0.2) is 9.59 Å². The first-order chi connectivity index (χ1) is 14.4. The second-order valence-electron chi connectivity index (χ2n) is 12.2. The Morgan fingerprint density at radius 2 is 1.50 bits per heavy atom. The molecule has 0 spiro atoms. The number of carbonyl (C=O) groups excluding carboxylic acids is 2. The van der Waals surface area contributed by atoms with Crippen molar-refractivity contribution in [2.24, 2.45) is 5.92 Å². The number of piperidine rings is 1. The smallest absolute Gasteiger partial charge is 0.457 e. The predicted molar refractivity (Wildman–Crippen MR) is 125 cm³/mol. The molecule has 2 fully saturated rings. The Kier molecular flexibility index (Phi) is 8.03. The van der Waals surface area contributed by atoms with Gasteiger partial charge in [-0.3, -0.25) is 4.90 Å². The fourth-order valence-corrected chi connectivity index (χ4v) is 4.21. The van der Waals surface area contributed by atoms with E-state index in [1.807, 2.05) is 69.2 Å². The first-order valence-corrected chi connectivity index (χ1v) is 12.0. The molecule has 1 amide bonds. The van der Waals surface area contributed by atoms with E-state index in [1.165, 1.54) is 0 Å². The van der Waals surface area contributed by atoms with Crippen LogP contribution in [0.3, 0.4) is 0 Å². The van der Waals surface area contributed by atoms with E-state index >= 15 is 0 Å². The molecule has 2 rings (SSSR count). The number of ether oxygens (including phenoxy) is 2. The lowest BCUT2D eigenvalue weighted by atomic mass is 9.78. The minimum atomic E-state index is -0.642. The van der Waals surface area contributed by atoms with Crippen LogP contribution in [-0.4, -0.2) is 59.1 Å². The highest BCUT2D eigenvalue weighted by molar-refractivity contribution is 6.45. The summed E-state index contributed by atoms with van der Waals surface area (Å²) in [7, 11) is -0.259. The lowest BCUT2D eigenvalue weighted by Crippen LogP contribution is -2.55. The largest absolute Gasteiger partial charge is 0.458 e. The molecule has 0 aromatic carbocycles. The van der Waals surface area contributed by atoms with E-state index in [2.05, 4.69) is 0 Å². The van der Waals surface area contributed by atoms with Gasteiger partial charge in [-0.2, -0.15) is 0 Å². The lowest BCUT2D eigenvalue weighted by Gasteiger charge is -2.41. The molecule has 2 atom stereocenters. The molecule has 2 heterocycles. The van der Waals surface area contributed by atoms with Crippen molar-refractivity contribution in [2.45, 2.75) is 130 Å². The molecule has 2 unspecified atom stereocenters. The van der Waals surface area contributed by atoms with Gasteiger partial charge in [-0.05, 0) is 101 Å². The average Bonchev–Trinajstić information content (AvgIpc) is 2.78. The van der Waals surface area contributed by atoms with E-state index in [9.17, 15) is 9.59 Å². The highest BCUT2D eigenvalue weighted by Gasteiger charge is 2.51. The van der Waals surface area contributed by atoms with Gasteiger partial charge in [0.2, 0.25) is 0 Å². The van der Waals surface area contributed by atoms with E-state index in [0.29, 0.717) is 6.54 Å². The SMILES string of the molecule is CC(C)(C)OC(=O)C1C(CCCB2OC(C)(C)C(C)(C)O2)CCCN1C(=O)OC(C)(C)C. The molecule has 0 radical (unpaired) electrons. The molecule has 7 nitrogen and oxygen atoms in total. The molecule has 2 aliphatic heterocycles. The molecular weight excluding hydrogens is 409 g/mol. The van der Waals surface area contributed by atoms with Crippen LogP contribution in [0.25, 0.3) is 0 Å². The maximum Gasteiger partial charge on any atom is 0.457 e. The number of carbonyl (C=O) groups is 2. The molecule has 0 bridgehead atoms. The van der Waals surface area contributed by atoms with Crippen LogP contribution in [0, 0.1) is 5.92 Å². The Bertz CT molecular complexity index is 663. The molecule has 0 saturated carbocycles.